The zero-order valence-electron chi connectivity index (χ0n) is 28.5. The molecular weight excluding hydrogens is 637 g/mol. The van der Waals surface area contributed by atoms with Crippen molar-refractivity contribution in [3.8, 4) is 11.6 Å². The predicted octanol–water partition coefficient (Wildman–Crippen LogP) is 6.41. The first-order valence-corrected chi connectivity index (χ1v) is 17.3. The molecule has 3 aliphatic carbocycles. The van der Waals surface area contributed by atoms with E-state index in [1.165, 1.54) is 0 Å². The number of aromatic nitrogens is 1. The van der Waals surface area contributed by atoms with Gasteiger partial charge in [0.15, 0.2) is 17.3 Å². The second-order valence-electron chi connectivity index (χ2n) is 13.9. The van der Waals surface area contributed by atoms with Crippen LogP contribution in [0.15, 0.2) is 82.6 Å². The molecule has 3 aromatic carbocycles. The van der Waals surface area contributed by atoms with Gasteiger partial charge in [-0.05, 0) is 81.6 Å². The Hall–Kier alpha value is -4.80. The van der Waals surface area contributed by atoms with E-state index in [0.717, 1.165) is 30.5 Å². The largest absolute Gasteiger partial charge is 0.488 e. The van der Waals surface area contributed by atoms with Gasteiger partial charge in [-0.15, -0.1) is 0 Å². The van der Waals surface area contributed by atoms with E-state index in [1.807, 2.05) is 81.8 Å². The Bertz CT molecular complexity index is 1990. The van der Waals surface area contributed by atoms with Crippen molar-refractivity contribution in [3.05, 3.63) is 123 Å². The fourth-order valence-electron chi connectivity index (χ4n) is 8.34. The number of ketones is 2. The minimum atomic E-state index is -1.25. The highest BCUT2D eigenvalue weighted by molar-refractivity contribution is 6.17. The quantitative estimate of drug-likeness (QED) is 0.222. The average molecular weight is 678 g/mol. The van der Waals surface area contributed by atoms with Crippen LogP contribution in [0.2, 0.25) is 0 Å². The van der Waals surface area contributed by atoms with E-state index in [2.05, 4.69) is 15.4 Å². The second kappa shape index (κ2) is 12.8. The number of benzene rings is 3. The lowest BCUT2D eigenvalue weighted by Crippen LogP contribution is -2.44. The summed E-state index contributed by atoms with van der Waals surface area (Å²) in [6.45, 7) is 1.35. The van der Waals surface area contributed by atoms with Gasteiger partial charge in [-0.2, -0.15) is 0 Å². The number of fused-ring (bicyclic) bond motifs is 3. The van der Waals surface area contributed by atoms with Crippen LogP contribution < -0.4 is 14.8 Å². The molecule has 2 fully saturated rings. The number of ether oxygens (including phenoxy) is 3. The fraction of sp³-hybridized carbons (Fsp3) is 0.375. The highest BCUT2D eigenvalue weighted by atomic mass is 19.1. The van der Waals surface area contributed by atoms with Gasteiger partial charge in [-0.25, -0.2) is 4.39 Å². The smallest absolute Gasteiger partial charge is 0.265 e. The zero-order valence-corrected chi connectivity index (χ0v) is 28.5. The summed E-state index contributed by atoms with van der Waals surface area (Å²) in [7, 11) is 5.76. The van der Waals surface area contributed by atoms with Crippen LogP contribution in [0.3, 0.4) is 0 Å². The number of likely N-dealkylation sites (tertiary alicyclic amines) is 1. The summed E-state index contributed by atoms with van der Waals surface area (Å²) < 4.78 is 40.8. The molecule has 2 unspecified atom stereocenters. The summed E-state index contributed by atoms with van der Waals surface area (Å²) in [4.78, 5) is 30.9. The Labute approximate surface area is 290 Å². The Kier molecular flexibility index (Phi) is 8.31. The van der Waals surface area contributed by atoms with Crippen molar-refractivity contribution in [2.75, 3.05) is 27.7 Å². The molecule has 10 heteroatoms. The standard InChI is InChI=1S/C38H33FN2O6.C2H7N/c1-41-14-8-13-27(41)25-18-28(44-19-21-9-4-2-5-10-21)31-26(33(25)39)16-23-15-24-17-29-32(35(43)38(24)36(46-38)30(23)34(31)42)37(40-47-29)45-20-22-11-6-3-7-12-22;1-3-2/h2-7,9-12,18,23-24,27H,8,13-17,19-20H2,1H3;3H,1-2H3/t23?,24-,27?,38+;/m0./s1. The van der Waals surface area contributed by atoms with E-state index < -0.39 is 5.60 Å². The van der Waals surface area contributed by atoms with Crippen molar-refractivity contribution in [3.63, 3.8) is 0 Å². The third kappa shape index (κ3) is 5.24. The first kappa shape index (κ1) is 32.4. The minimum absolute atomic E-state index is 0.0841. The number of halogens is 1. The van der Waals surface area contributed by atoms with Crippen LogP contribution in [0.1, 0.15) is 74.0 Å². The van der Waals surface area contributed by atoms with Gasteiger partial charge in [-0.3, -0.25) is 14.5 Å². The van der Waals surface area contributed by atoms with Crippen LogP contribution in [0.4, 0.5) is 4.39 Å². The van der Waals surface area contributed by atoms with Crippen molar-refractivity contribution in [2.45, 2.75) is 57.0 Å². The molecule has 4 atom stereocenters. The van der Waals surface area contributed by atoms with Crippen LogP contribution in [-0.2, 0) is 30.8 Å². The average Bonchev–Trinajstić information content (AvgIpc) is 3.53. The molecule has 5 aliphatic rings. The number of rotatable bonds is 7. The van der Waals surface area contributed by atoms with Crippen molar-refractivity contribution in [1.29, 1.82) is 0 Å². The molecule has 1 aromatic heterocycles. The Morgan fingerprint density at radius 1 is 0.980 bits per heavy atom. The topological polar surface area (TPSA) is 106 Å². The summed E-state index contributed by atoms with van der Waals surface area (Å²) in [6, 6.07) is 21.0. The van der Waals surface area contributed by atoms with Crippen LogP contribution in [-0.4, -0.2) is 54.9 Å². The molecule has 2 aliphatic heterocycles. The Morgan fingerprint density at radius 3 is 2.32 bits per heavy atom. The summed E-state index contributed by atoms with van der Waals surface area (Å²) in [6.07, 6.45) is 3.05. The van der Waals surface area contributed by atoms with Gasteiger partial charge in [0, 0.05) is 35.1 Å². The molecule has 0 bridgehead atoms. The molecule has 258 valence electrons. The van der Waals surface area contributed by atoms with Gasteiger partial charge in [0.1, 0.15) is 30.3 Å². The summed E-state index contributed by atoms with van der Waals surface area (Å²) in [5, 5.41) is 6.85. The van der Waals surface area contributed by atoms with Crippen LogP contribution in [0.5, 0.6) is 11.6 Å². The minimum Gasteiger partial charge on any atom is -0.488 e. The van der Waals surface area contributed by atoms with Gasteiger partial charge < -0.3 is 24.1 Å². The van der Waals surface area contributed by atoms with Gasteiger partial charge in [0.25, 0.3) is 5.88 Å². The van der Waals surface area contributed by atoms with Gasteiger partial charge >= 0.3 is 0 Å². The lowest BCUT2D eigenvalue weighted by molar-refractivity contribution is 0.0734. The molecule has 1 spiro atoms. The van der Waals surface area contributed by atoms with Crippen molar-refractivity contribution in [1.82, 2.24) is 15.4 Å². The van der Waals surface area contributed by atoms with Gasteiger partial charge in [-0.1, -0.05) is 60.7 Å². The second-order valence-corrected chi connectivity index (χ2v) is 13.9. The number of carbonyl (C=O) groups excluding carboxylic acids is 2. The van der Waals surface area contributed by atoms with E-state index in [0.29, 0.717) is 53.2 Å². The third-order valence-corrected chi connectivity index (χ3v) is 10.7. The Balaban J connectivity index is 0.00000116. The molecule has 0 amide bonds. The fourth-order valence-corrected chi connectivity index (χ4v) is 8.34. The van der Waals surface area contributed by atoms with E-state index in [4.69, 9.17) is 18.7 Å². The SMILES string of the molecule is CN1CCCC1c1cc(OCc2ccccc2)c2c(c1F)CC1C[C@H]3Cc4onc(OCc5ccccc5)c4C(=O)[C@]34OC4=C1C2=O.CNC. The number of epoxide rings is 1. The number of Topliss-reactive ketones (excluding diaryl/α,β-unsaturated/α-hetero) is 2. The lowest BCUT2D eigenvalue weighted by atomic mass is 9.63. The maximum Gasteiger partial charge on any atom is 0.265 e. The number of hydrogen-bond donors (Lipinski definition) is 1. The van der Waals surface area contributed by atoms with Crippen LogP contribution in [0, 0.1) is 17.7 Å². The number of hydrogen-bond acceptors (Lipinski definition) is 9. The number of nitrogens with zero attached hydrogens (tertiary/aromatic N) is 2. The number of carbonyl (C=O) groups is 2. The molecule has 4 aromatic rings. The number of nitrogens with one attached hydrogen (secondary N) is 1. The first-order chi connectivity index (χ1) is 24.3. The maximum absolute atomic E-state index is 16.6. The van der Waals surface area contributed by atoms with Gasteiger partial charge in [0.05, 0.1) is 5.56 Å². The maximum atomic E-state index is 16.6. The van der Waals surface area contributed by atoms with Gasteiger partial charge in [0.2, 0.25) is 11.4 Å². The molecule has 3 heterocycles. The van der Waals surface area contributed by atoms with Crippen molar-refractivity contribution >= 4 is 11.6 Å². The molecule has 50 heavy (non-hydrogen) atoms. The third-order valence-electron chi connectivity index (χ3n) is 10.7. The summed E-state index contributed by atoms with van der Waals surface area (Å²) >= 11 is 0. The summed E-state index contributed by atoms with van der Waals surface area (Å²) in [5.74, 6) is -0.110. The zero-order chi connectivity index (χ0) is 34.6. The highest BCUT2D eigenvalue weighted by Gasteiger charge is 2.72. The first-order valence-electron chi connectivity index (χ1n) is 17.3. The van der Waals surface area contributed by atoms with E-state index in [1.54, 1.807) is 6.07 Å². The van der Waals surface area contributed by atoms with Crippen LogP contribution in [0.25, 0.3) is 0 Å². The molecule has 0 radical (unpaired) electrons. The Morgan fingerprint density at radius 2 is 1.66 bits per heavy atom. The predicted molar refractivity (Wildman–Crippen MR) is 183 cm³/mol. The van der Waals surface area contributed by atoms with Crippen LogP contribution >= 0.6 is 0 Å². The normalized spacial score (nSPS) is 24.5. The van der Waals surface area contributed by atoms with E-state index >= 15 is 4.39 Å². The van der Waals surface area contributed by atoms with Crippen molar-refractivity contribution < 1.29 is 32.7 Å². The molecule has 2 saturated heterocycles. The number of allylic oxidation sites excluding steroid dienone is 1. The van der Waals surface area contributed by atoms with E-state index in [9.17, 15) is 9.59 Å². The molecular formula is C40H40FN3O6. The van der Waals surface area contributed by atoms with Crippen molar-refractivity contribution in [2.24, 2.45) is 11.8 Å². The lowest BCUT2D eigenvalue weighted by Gasteiger charge is -2.36. The molecule has 9 nitrogen and oxygen atoms in total. The highest BCUT2D eigenvalue weighted by Crippen LogP contribution is 2.63. The van der Waals surface area contributed by atoms with E-state index in [-0.39, 0.29) is 65.5 Å². The molecule has 1 N–H and O–H groups in total. The monoisotopic (exact) mass is 677 g/mol. The summed E-state index contributed by atoms with van der Waals surface area (Å²) in [5.41, 5.74) is 2.58. The molecule has 0 saturated carbocycles. The molecule has 9 rings (SSSR count).